The number of urea groups is 1. The van der Waals surface area contributed by atoms with E-state index in [0.717, 1.165) is 0 Å². The molecule has 1 saturated carbocycles. The topological polar surface area (TPSA) is 132 Å². The molecule has 1 aliphatic rings. The molecule has 5 N–H and O–H groups in total. The molecule has 2 aromatic carbocycles. The zero-order valence-corrected chi connectivity index (χ0v) is 22.7. The van der Waals surface area contributed by atoms with Crippen LogP contribution in [-0.4, -0.2) is 62.6 Å². The number of amidine groups is 1. The second-order valence-electron chi connectivity index (χ2n) is 8.98. The summed E-state index contributed by atoms with van der Waals surface area (Å²) in [5.74, 6) is -0.550. The third kappa shape index (κ3) is 8.82. The number of hydrogen-bond acceptors (Lipinski definition) is 6. The molecule has 1 fully saturated rings. The second kappa shape index (κ2) is 13.1. The van der Waals surface area contributed by atoms with Gasteiger partial charge in [-0.1, -0.05) is 17.7 Å². The van der Waals surface area contributed by atoms with Crippen molar-refractivity contribution in [1.29, 1.82) is 5.41 Å². The predicted octanol–water partition coefficient (Wildman–Crippen LogP) is 5.25. The molecule has 2 aromatic rings. The number of halogens is 4. The standard InChI is InChI=1S/C26H29ClF3N5O3S/c1-39(38)20-9-10-21(23(14-20)34-18-4-2-3-17(27)13-18)22(31)15-33-25(37)35(12-11-26(28,29)30)24(32)16-5-7-19(36)8-6-16/h2-8,13,20,32,36H,9-12,14-15,31H2,1H3,(H,33,37)/b22-21-,32-24?,34-23?. The van der Waals surface area contributed by atoms with Crippen LogP contribution in [0.1, 0.15) is 31.2 Å². The SMILES string of the molecule is CS(=O)C1CC/C(=C(/N)CNC(=O)N(CCC(F)(F)F)C(=N)c2ccc(O)cc2)C(=Nc2cccc(Cl)c2)C1. The number of alkyl halides is 3. The van der Waals surface area contributed by atoms with Gasteiger partial charge in [-0.3, -0.25) is 19.5 Å². The van der Waals surface area contributed by atoms with Gasteiger partial charge >= 0.3 is 12.2 Å². The first kappa shape index (κ1) is 30.2. The van der Waals surface area contributed by atoms with Crippen LogP contribution in [0.5, 0.6) is 5.75 Å². The number of aliphatic imine (C=N–C) groups is 1. The van der Waals surface area contributed by atoms with E-state index < -0.39 is 41.8 Å². The van der Waals surface area contributed by atoms with Crippen LogP contribution < -0.4 is 11.1 Å². The van der Waals surface area contributed by atoms with Gasteiger partial charge < -0.3 is 16.2 Å². The highest BCUT2D eigenvalue weighted by molar-refractivity contribution is 7.84. The molecule has 0 aliphatic heterocycles. The minimum Gasteiger partial charge on any atom is -0.508 e. The molecule has 13 heteroatoms. The Morgan fingerprint density at radius 1 is 1.28 bits per heavy atom. The lowest BCUT2D eigenvalue weighted by atomic mass is 9.90. The number of nitrogens with zero attached hydrogens (tertiary/aromatic N) is 2. The molecule has 0 aromatic heterocycles. The maximum Gasteiger partial charge on any atom is 0.390 e. The van der Waals surface area contributed by atoms with Crippen LogP contribution in [0.25, 0.3) is 0 Å². The molecule has 3 rings (SSSR count). The fourth-order valence-corrected chi connectivity index (χ4v) is 5.06. The number of nitrogens with two attached hydrogens (primary N) is 1. The van der Waals surface area contributed by atoms with E-state index in [-0.39, 0.29) is 28.8 Å². The molecule has 0 spiro atoms. The van der Waals surface area contributed by atoms with E-state index in [1.807, 2.05) is 0 Å². The van der Waals surface area contributed by atoms with E-state index in [1.54, 1.807) is 30.5 Å². The van der Waals surface area contributed by atoms with Crippen molar-refractivity contribution in [3.05, 3.63) is 70.4 Å². The average Bonchev–Trinajstić information content (AvgIpc) is 2.87. The third-order valence-corrected chi connectivity index (χ3v) is 7.70. The predicted molar refractivity (Wildman–Crippen MR) is 147 cm³/mol. The van der Waals surface area contributed by atoms with Crippen molar-refractivity contribution in [2.45, 2.75) is 37.1 Å². The van der Waals surface area contributed by atoms with Crippen LogP contribution in [0.2, 0.25) is 5.02 Å². The number of carbonyl (C=O) groups is 1. The minimum atomic E-state index is -4.54. The molecule has 0 bridgehead atoms. The summed E-state index contributed by atoms with van der Waals surface area (Å²) in [5.41, 5.74) is 8.59. The highest BCUT2D eigenvalue weighted by Gasteiger charge is 2.31. The first-order valence-corrected chi connectivity index (χ1v) is 14.0. The summed E-state index contributed by atoms with van der Waals surface area (Å²) in [4.78, 5) is 18.3. The zero-order chi connectivity index (χ0) is 28.7. The molecule has 210 valence electrons. The summed E-state index contributed by atoms with van der Waals surface area (Å²) < 4.78 is 51.0. The van der Waals surface area contributed by atoms with Crippen molar-refractivity contribution in [2.75, 3.05) is 19.3 Å². The number of allylic oxidation sites excluding steroid dienone is 1. The number of hydrogen-bond donors (Lipinski definition) is 4. The summed E-state index contributed by atoms with van der Waals surface area (Å²) in [6.07, 6.45) is -2.80. The van der Waals surface area contributed by atoms with Crippen LogP contribution >= 0.6 is 11.6 Å². The largest absolute Gasteiger partial charge is 0.508 e. The fraction of sp³-hybridized carbons (Fsp3) is 0.346. The number of carbonyl (C=O) groups excluding carboxylic acids is 1. The molecule has 1 aliphatic carbocycles. The first-order valence-electron chi connectivity index (χ1n) is 12.0. The Bertz CT molecular complexity index is 1300. The number of aromatic hydroxyl groups is 1. The maximum absolute atomic E-state index is 13.0. The summed E-state index contributed by atoms with van der Waals surface area (Å²) in [7, 11) is -1.09. The number of rotatable bonds is 7. The molecule has 0 radical (unpaired) electrons. The van der Waals surface area contributed by atoms with Crippen molar-refractivity contribution in [3.8, 4) is 5.75 Å². The Kier molecular flexibility index (Phi) is 10.1. The quantitative estimate of drug-likeness (QED) is 0.262. The van der Waals surface area contributed by atoms with E-state index in [2.05, 4.69) is 10.3 Å². The molecule has 8 nitrogen and oxygen atoms in total. The molecule has 2 unspecified atom stereocenters. The van der Waals surface area contributed by atoms with Crippen LogP contribution in [0.15, 0.2) is 64.8 Å². The van der Waals surface area contributed by atoms with Crippen LogP contribution in [0.3, 0.4) is 0 Å². The van der Waals surface area contributed by atoms with E-state index in [4.69, 9.17) is 22.7 Å². The lowest BCUT2D eigenvalue weighted by molar-refractivity contribution is -0.135. The van der Waals surface area contributed by atoms with Gasteiger partial charge in [-0.2, -0.15) is 13.2 Å². The van der Waals surface area contributed by atoms with Crippen molar-refractivity contribution < 1.29 is 27.3 Å². The van der Waals surface area contributed by atoms with Gasteiger partial charge in [0.2, 0.25) is 0 Å². The Labute approximate surface area is 231 Å². The molecule has 2 atom stereocenters. The van der Waals surface area contributed by atoms with Gasteiger partial charge in [0.15, 0.2) is 0 Å². The summed E-state index contributed by atoms with van der Waals surface area (Å²) in [5, 5.41) is 20.7. The van der Waals surface area contributed by atoms with Crippen LogP contribution in [0, 0.1) is 5.41 Å². The molecular formula is C26H29ClF3N5O3S. The van der Waals surface area contributed by atoms with E-state index in [0.29, 0.717) is 46.2 Å². The summed E-state index contributed by atoms with van der Waals surface area (Å²) in [6.45, 7) is -0.981. The molecule has 39 heavy (non-hydrogen) atoms. The third-order valence-electron chi connectivity index (χ3n) is 6.12. The lowest BCUT2D eigenvalue weighted by Crippen LogP contribution is -2.46. The zero-order valence-electron chi connectivity index (χ0n) is 21.1. The summed E-state index contributed by atoms with van der Waals surface area (Å²) >= 11 is 6.08. The first-order chi connectivity index (χ1) is 18.3. The highest BCUT2D eigenvalue weighted by Crippen LogP contribution is 2.29. The lowest BCUT2D eigenvalue weighted by Gasteiger charge is -2.27. The number of nitrogens with one attached hydrogen (secondary N) is 2. The van der Waals surface area contributed by atoms with Gasteiger partial charge in [-0.15, -0.1) is 0 Å². The van der Waals surface area contributed by atoms with Crippen molar-refractivity contribution in [2.24, 2.45) is 10.7 Å². The van der Waals surface area contributed by atoms with Gasteiger partial charge in [-0.05, 0) is 60.9 Å². The Balaban J connectivity index is 1.83. The Hall–Kier alpha value is -3.38. The number of phenolic OH excluding ortho intramolecular Hbond substituents is 1. The monoisotopic (exact) mass is 583 g/mol. The number of amides is 2. The van der Waals surface area contributed by atoms with Crippen LogP contribution in [0.4, 0.5) is 23.7 Å². The Morgan fingerprint density at radius 3 is 2.59 bits per heavy atom. The van der Waals surface area contributed by atoms with E-state index >= 15 is 0 Å². The minimum absolute atomic E-state index is 0.0888. The maximum atomic E-state index is 13.0. The van der Waals surface area contributed by atoms with Gasteiger partial charge in [0.1, 0.15) is 11.6 Å². The molecule has 0 saturated heterocycles. The fourth-order valence-electron chi connectivity index (χ4n) is 4.04. The van der Waals surface area contributed by atoms with Crippen molar-refractivity contribution in [3.63, 3.8) is 0 Å². The van der Waals surface area contributed by atoms with Gasteiger partial charge in [-0.25, -0.2) is 4.79 Å². The Morgan fingerprint density at radius 2 is 1.97 bits per heavy atom. The van der Waals surface area contributed by atoms with Gasteiger partial charge in [0.25, 0.3) is 0 Å². The van der Waals surface area contributed by atoms with Crippen molar-refractivity contribution >= 4 is 45.7 Å². The molecule has 2 amide bonds. The number of phenols is 1. The van der Waals surface area contributed by atoms with Crippen LogP contribution in [-0.2, 0) is 10.8 Å². The smallest absolute Gasteiger partial charge is 0.390 e. The highest BCUT2D eigenvalue weighted by atomic mass is 35.5. The normalized spacial score (nSPS) is 18.9. The molecule has 0 heterocycles. The van der Waals surface area contributed by atoms with Gasteiger partial charge in [0, 0.05) is 57.3 Å². The van der Waals surface area contributed by atoms with Crippen molar-refractivity contribution in [1.82, 2.24) is 10.2 Å². The average molecular weight is 584 g/mol. The molecular weight excluding hydrogens is 555 g/mol. The second-order valence-corrected chi connectivity index (χ2v) is 11.1. The van der Waals surface area contributed by atoms with Gasteiger partial charge in [0.05, 0.1) is 18.7 Å². The van der Waals surface area contributed by atoms with E-state index in [9.17, 15) is 27.3 Å². The summed E-state index contributed by atoms with van der Waals surface area (Å²) in [6, 6.07) is 11.1. The number of benzene rings is 2. The van der Waals surface area contributed by atoms with E-state index in [1.165, 1.54) is 24.3 Å².